The van der Waals surface area contributed by atoms with Gasteiger partial charge in [-0.3, -0.25) is 9.80 Å². The first-order valence-corrected chi connectivity index (χ1v) is 21.1. The molecule has 3 aromatic carbocycles. The van der Waals surface area contributed by atoms with Crippen LogP contribution in [-0.2, 0) is 16.6 Å². The van der Waals surface area contributed by atoms with Crippen LogP contribution < -0.4 is 0 Å². The third-order valence-electron chi connectivity index (χ3n) is 12.1. The van der Waals surface area contributed by atoms with Crippen molar-refractivity contribution in [2.24, 2.45) is 0 Å². The lowest BCUT2D eigenvalue weighted by Gasteiger charge is -2.35. The molecule has 1 amide bonds. The smallest absolute Gasteiger partial charge is 0.410 e. The molecule has 4 heterocycles. The number of aromatic amines is 2. The predicted molar refractivity (Wildman–Crippen MR) is 219 cm³/mol. The van der Waals surface area contributed by atoms with Crippen molar-refractivity contribution in [1.82, 2.24) is 29.7 Å². The molecule has 2 N–H and O–H groups in total. The van der Waals surface area contributed by atoms with Crippen LogP contribution in [0.15, 0.2) is 60.8 Å². The van der Waals surface area contributed by atoms with Crippen molar-refractivity contribution < 1.29 is 27.1 Å². The molecule has 0 bridgehead atoms. The second-order valence-electron chi connectivity index (χ2n) is 17.4. The molecule has 0 spiro atoms. The summed E-state index contributed by atoms with van der Waals surface area (Å²) in [4.78, 5) is 33.1. The van der Waals surface area contributed by atoms with E-state index >= 15 is 17.6 Å². The predicted octanol–water partition coefficient (Wildman–Crippen LogP) is 12.4. The van der Waals surface area contributed by atoms with Gasteiger partial charge in [0.2, 0.25) is 0 Å². The quantitative estimate of drug-likeness (QED) is 0.0969. The van der Waals surface area contributed by atoms with E-state index in [0.717, 1.165) is 44.6 Å². The average Bonchev–Trinajstić information content (AvgIpc) is 4.02. The van der Waals surface area contributed by atoms with E-state index in [2.05, 4.69) is 26.8 Å². The van der Waals surface area contributed by atoms with Crippen molar-refractivity contribution in [3.63, 3.8) is 0 Å². The number of H-pyrrole nitrogens is 2. The molecule has 58 heavy (non-hydrogen) atoms. The number of nitrogens with one attached hydrogen (secondary N) is 2. The molecule has 2 atom stereocenters. The Morgan fingerprint density at radius 3 is 2.12 bits per heavy atom. The zero-order valence-electron chi connectivity index (χ0n) is 33.9. The summed E-state index contributed by atoms with van der Waals surface area (Å²) in [6.07, 6.45) is 13.5. The van der Waals surface area contributed by atoms with Crippen LogP contribution in [0.1, 0.15) is 133 Å². The molecule has 2 unspecified atom stereocenters. The molecule has 1 aliphatic carbocycles. The Labute approximate surface area is 337 Å². The minimum Gasteiger partial charge on any atom is -0.444 e. The minimum atomic E-state index is -4.47. The fourth-order valence-corrected chi connectivity index (χ4v) is 9.05. The highest BCUT2D eigenvalue weighted by atomic mass is 19.3. The number of carbonyl (C=O) groups excluding carboxylic acids is 1. The van der Waals surface area contributed by atoms with E-state index in [0.29, 0.717) is 52.2 Å². The lowest BCUT2D eigenvalue weighted by Crippen LogP contribution is -2.39. The van der Waals surface area contributed by atoms with Crippen molar-refractivity contribution in [2.75, 3.05) is 19.6 Å². The molecular formula is C46H54F4N6O2. The number of halogens is 4. The van der Waals surface area contributed by atoms with Gasteiger partial charge in [-0.15, -0.1) is 0 Å². The lowest BCUT2D eigenvalue weighted by atomic mass is 9.78. The van der Waals surface area contributed by atoms with E-state index in [4.69, 9.17) is 9.72 Å². The minimum absolute atomic E-state index is 0.0758. The zero-order chi connectivity index (χ0) is 40.8. The molecule has 0 saturated carbocycles. The Bertz CT molecular complexity index is 2280. The first-order chi connectivity index (χ1) is 27.7. The first-order valence-electron chi connectivity index (χ1n) is 21.1. The van der Waals surface area contributed by atoms with E-state index in [-0.39, 0.29) is 23.2 Å². The summed E-state index contributed by atoms with van der Waals surface area (Å²) in [5.41, 5.74) is 1.26. The number of likely N-dealkylation sites (tertiary alicyclic amines) is 2. The molecule has 2 fully saturated rings. The molecule has 308 valence electrons. The number of imidazole rings is 2. The second kappa shape index (κ2) is 15.8. The number of alkyl halides is 4. The van der Waals surface area contributed by atoms with Gasteiger partial charge in [0, 0.05) is 23.2 Å². The van der Waals surface area contributed by atoms with Gasteiger partial charge in [-0.2, -0.15) is 17.6 Å². The fraction of sp³-hybridized carbons (Fsp3) is 0.500. The highest BCUT2D eigenvalue weighted by Crippen LogP contribution is 2.58. The molecule has 2 aliphatic heterocycles. The SMILES string of the molecule is CCCCCCCCCN1CCCC1c1ncc(-c2ccc3c(c2)C(F)(F)C(F)(F)c2cc(-c4ccc5nc(C6CCCN6C(=O)OC(C)(C)C)[nH]c5c4)ccc2-3)[nH]1. The van der Waals surface area contributed by atoms with Gasteiger partial charge >= 0.3 is 17.9 Å². The number of carbonyl (C=O) groups is 1. The van der Waals surface area contributed by atoms with Crippen molar-refractivity contribution in [3.8, 4) is 33.5 Å². The molecule has 8 rings (SSSR count). The van der Waals surface area contributed by atoms with Crippen LogP contribution in [0.2, 0.25) is 0 Å². The normalized spacial score (nSPS) is 20.1. The van der Waals surface area contributed by atoms with Gasteiger partial charge in [0.1, 0.15) is 17.2 Å². The van der Waals surface area contributed by atoms with Crippen molar-refractivity contribution >= 4 is 17.1 Å². The summed E-state index contributed by atoms with van der Waals surface area (Å²) < 4.78 is 70.1. The Balaban J connectivity index is 1.02. The van der Waals surface area contributed by atoms with E-state index in [9.17, 15) is 4.79 Å². The summed E-state index contributed by atoms with van der Waals surface area (Å²) >= 11 is 0. The lowest BCUT2D eigenvalue weighted by molar-refractivity contribution is -0.225. The topological polar surface area (TPSA) is 90.1 Å². The molecule has 0 radical (unpaired) electrons. The molecule has 2 saturated heterocycles. The van der Waals surface area contributed by atoms with Gasteiger partial charge in [-0.1, -0.05) is 75.8 Å². The number of hydrogen-bond donors (Lipinski definition) is 2. The number of benzene rings is 3. The molecule has 2 aromatic heterocycles. The Kier molecular flexibility index (Phi) is 10.9. The summed E-state index contributed by atoms with van der Waals surface area (Å²) in [7, 11) is 0. The van der Waals surface area contributed by atoms with Crippen LogP contribution in [0.25, 0.3) is 44.5 Å². The standard InChI is InChI=1S/C46H54F4N6O2/c1-5-6-7-8-9-10-11-22-55-23-12-14-39(55)41-51-28-38(54-41)31-17-20-33-32-19-16-29(25-34(32)45(47,48)46(49,50)35(33)26-31)30-18-21-36-37(27-30)53-42(52-36)40-15-13-24-56(40)43(57)58-44(2,3)4/h16-21,25-28,39-40H,5-15,22-24H2,1-4H3,(H,51,54)(H,52,53). The van der Waals surface area contributed by atoms with Crippen LogP contribution in [-0.4, -0.2) is 61.1 Å². The number of hydrogen-bond acceptors (Lipinski definition) is 5. The van der Waals surface area contributed by atoms with Crippen molar-refractivity contribution in [2.45, 2.75) is 128 Å². The largest absolute Gasteiger partial charge is 0.444 e. The summed E-state index contributed by atoms with van der Waals surface area (Å²) in [6.45, 7) is 10.2. The Morgan fingerprint density at radius 2 is 1.40 bits per heavy atom. The average molecular weight is 799 g/mol. The first kappa shape index (κ1) is 40.1. The highest BCUT2D eigenvalue weighted by Gasteiger charge is 2.62. The number of amides is 1. The monoisotopic (exact) mass is 798 g/mol. The number of unbranched alkanes of at least 4 members (excludes halogenated alkanes) is 6. The van der Waals surface area contributed by atoms with Gasteiger partial charge in [0.15, 0.2) is 0 Å². The van der Waals surface area contributed by atoms with E-state index < -0.39 is 34.7 Å². The maximum absolute atomic E-state index is 16.1. The third-order valence-corrected chi connectivity index (χ3v) is 12.1. The maximum atomic E-state index is 16.1. The Morgan fingerprint density at radius 1 is 0.776 bits per heavy atom. The summed E-state index contributed by atoms with van der Waals surface area (Å²) in [6, 6.07) is 13.9. The van der Waals surface area contributed by atoms with Crippen LogP contribution in [0.5, 0.6) is 0 Å². The fourth-order valence-electron chi connectivity index (χ4n) is 9.05. The van der Waals surface area contributed by atoms with E-state index in [1.807, 2.05) is 20.8 Å². The number of ether oxygens (including phenoxy) is 1. The van der Waals surface area contributed by atoms with Gasteiger partial charge in [0.05, 0.1) is 35.0 Å². The van der Waals surface area contributed by atoms with Crippen LogP contribution in [0.4, 0.5) is 22.4 Å². The summed E-state index contributed by atoms with van der Waals surface area (Å²) in [5, 5.41) is 0. The molecular weight excluding hydrogens is 745 g/mol. The second-order valence-corrected chi connectivity index (χ2v) is 17.4. The van der Waals surface area contributed by atoms with Crippen LogP contribution in [0, 0.1) is 0 Å². The summed E-state index contributed by atoms with van der Waals surface area (Å²) in [5.74, 6) is -7.54. The molecule has 5 aromatic rings. The van der Waals surface area contributed by atoms with Crippen LogP contribution >= 0.6 is 0 Å². The number of rotatable bonds is 12. The number of nitrogens with zero attached hydrogens (tertiary/aromatic N) is 4. The van der Waals surface area contributed by atoms with Gasteiger partial charge in [-0.05, 0) is 112 Å². The molecule has 12 heteroatoms. The zero-order valence-corrected chi connectivity index (χ0v) is 33.9. The van der Waals surface area contributed by atoms with Gasteiger partial charge in [0.25, 0.3) is 0 Å². The van der Waals surface area contributed by atoms with Crippen LogP contribution in [0.3, 0.4) is 0 Å². The maximum Gasteiger partial charge on any atom is 0.410 e. The molecule has 3 aliphatic rings. The number of fused-ring (bicyclic) bond motifs is 4. The molecule has 8 nitrogen and oxygen atoms in total. The number of aromatic nitrogens is 4. The van der Waals surface area contributed by atoms with E-state index in [1.165, 1.54) is 62.8 Å². The third kappa shape index (κ3) is 7.64. The Hall–Kier alpha value is -4.71. The van der Waals surface area contributed by atoms with E-state index in [1.54, 1.807) is 41.4 Å². The van der Waals surface area contributed by atoms with Crippen molar-refractivity contribution in [1.29, 1.82) is 0 Å². The van der Waals surface area contributed by atoms with Gasteiger partial charge < -0.3 is 14.7 Å². The highest BCUT2D eigenvalue weighted by molar-refractivity contribution is 5.85. The van der Waals surface area contributed by atoms with Gasteiger partial charge in [-0.25, -0.2) is 14.8 Å². The van der Waals surface area contributed by atoms with Crippen molar-refractivity contribution in [3.05, 3.63) is 83.6 Å².